The van der Waals surface area contributed by atoms with Crippen LogP contribution < -0.4 is 0 Å². The van der Waals surface area contributed by atoms with Crippen LogP contribution in [0.3, 0.4) is 0 Å². The van der Waals surface area contributed by atoms with Gasteiger partial charge in [0.05, 0.1) is 16.4 Å². The number of furan rings is 1. The van der Waals surface area contributed by atoms with Crippen molar-refractivity contribution in [2.24, 2.45) is 0 Å². The third kappa shape index (κ3) is 4.51. The van der Waals surface area contributed by atoms with Gasteiger partial charge in [-0.1, -0.05) is 35.3 Å². The van der Waals surface area contributed by atoms with Gasteiger partial charge < -0.3 is 4.42 Å². The van der Waals surface area contributed by atoms with Crippen LogP contribution in [0.25, 0.3) is 17.4 Å². The second kappa shape index (κ2) is 8.58. The first-order chi connectivity index (χ1) is 14.8. The number of carbonyl (C=O) groups excluding carboxylic acids is 2. The van der Waals surface area contributed by atoms with Gasteiger partial charge in [-0.05, 0) is 53.7 Å². The van der Waals surface area contributed by atoms with Gasteiger partial charge in [0.25, 0.3) is 16.8 Å². The molecule has 4 rings (SSSR count). The zero-order valence-electron chi connectivity index (χ0n) is 15.6. The molecule has 31 heavy (non-hydrogen) atoms. The van der Waals surface area contributed by atoms with Gasteiger partial charge in [-0.2, -0.15) is 0 Å². The molecule has 2 aromatic carbocycles. The number of thioether (sulfide) groups is 1. The maximum absolute atomic E-state index is 12.7. The van der Waals surface area contributed by atoms with Gasteiger partial charge in [0.15, 0.2) is 0 Å². The highest BCUT2D eigenvalue weighted by Gasteiger charge is 2.35. The van der Waals surface area contributed by atoms with Crippen LogP contribution in [-0.4, -0.2) is 21.0 Å². The number of hydrogen-bond acceptors (Lipinski definition) is 6. The maximum atomic E-state index is 12.7. The third-order valence-corrected chi connectivity index (χ3v) is 5.93. The van der Waals surface area contributed by atoms with Crippen molar-refractivity contribution >= 4 is 57.9 Å². The van der Waals surface area contributed by atoms with Gasteiger partial charge in [-0.3, -0.25) is 24.6 Å². The smallest absolute Gasteiger partial charge is 0.293 e. The number of benzene rings is 2. The van der Waals surface area contributed by atoms with E-state index in [1.165, 1.54) is 18.2 Å². The molecule has 3 aromatic rings. The number of rotatable bonds is 5. The van der Waals surface area contributed by atoms with E-state index in [9.17, 15) is 19.7 Å². The Bertz CT molecular complexity index is 1240. The van der Waals surface area contributed by atoms with Gasteiger partial charge in [0.1, 0.15) is 16.5 Å². The Morgan fingerprint density at radius 3 is 2.52 bits per heavy atom. The third-order valence-electron chi connectivity index (χ3n) is 4.46. The van der Waals surface area contributed by atoms with Crippen molar-refractivity contribution in [3.8, 4) is 11.3 Å². The van der Waals surface area contributed by atoms with E-state index in [1.54, 1.807) is 42.5 Å². The SMILES string of the molecule is O=C1S/C(=C\c2ccc(-c3ccc(Cl)c([N+](=O)[O-])c3)o2)C(=O)N1Cc1ccc(Cl)cc1. The molecule has 1 aliphatic heterocycles. The van der Waals surface area contributed by atoms with E-state index in [0.29, 0.717) is 22.1 Å². The van der Waals surface area contributed by atoms with E-state index < -0.39 is 10.8 Å². The lowest BCUT2D eigenvalue weighted by Gasteiger charge is -2.12. The van der Waals surface area contributed by atoms with Crippen LogP contribution in [-0.2, 0) is 11.3 Å². The van der Waals surface area contributed by atoms with Crippen LogP contribution in [0.5, 0.6) is 0 Å². The van der Waals surface area contributed by atoms with E-state index >= 15 is 0 Å². The second-order valence-electron chi connectivity index (χ2n) is 6.52. The first-order valence-electron chi connectivity index (χ1n) is 8.86. The van der Waals surface area contributed by atoms with E-state index in [0.717, 1.165) is 22.2 Å². The number of nitrogens with zero attached hydrogens (tertiary/aromatic N) is 2. The molecule has 1 aromatic heterocycles. The zero-order chi connectivity index (χ0) is 22.1. The van der Waals surface area contributed by atoms with Crippen LogP contribution in [0.15, 0.2) is 63.9 Å². The number of nitro groups is 1. The molecule has 10 heteroatoms. The lowest BCUT2D eigenvalue weighted by molar-refractivity contribution is -0.384. The first kappa shape index (κ1) is 21.2. The Morgan fingerprint density at radius 1 is 1.06 bits per heavy atom. The van der Waals surface area contributed by atoms with E-state index in [2.05, 4.69) is 0 Å². The predicted octanol–water partition coefficient (Wildman–Crippen LogP) is 6.40. The molecule has 2 amide bonds. The molecule has 7 nitrogen and oxygen atoms in total. The first-order valence-corrected chi connectivity index (χ1v) is 10.4. The van der Waals surface area contributed by atoms with Crippen molar-refractivity contribution in [1.29, 1.82) is 0 Å². The second-order valence-corrected chi connectivity index (χ2v) is 8.36. The largest absolute Gasteiger partial charge is 0.457 e. The van der Waals surface area contributed by atoms with Gasteiger partial charge in [0, 0.05) is 22.7 Å². The van der Waals surface area contributed by atoms with Crippen molar-refractivity contribution in [3.63, 3.8) is 0 Å². The van der Waals surface area contributed by atoms with Crippen molar-refractivity contribution < 1.29 is 18.9 Å². The summed E-state index contributed by atoms with van der Waals surface area (Å²) in [5.41, 5.74) is 1.00. The molecule has 0 aliphatic carbocycles. The Kier molecular flexibility index (Phi) is 5.86. The minimum absolute atomic E-state index is 0.0230. The Balaban J connectivity index is 1.55. The Morgan fingerprint density at radius 2 is 1.81 bits per heavy atom. The summed E-state index contributed by atoms with van der Waals surface area (Å²) in [7, 11) is 0. The molecule has 1 saturated heterocycles. The molecule has 0 radical (unpaired) electrons. The van der Waals surface area contributed by atoms with Crippen molar-refractivity contribution in [3.05, 3.63) is 91.0 Å². The molecule has 1 aliphatic rings. The summed E-state index contributed by atoms with van der Waals surface area (Å²) in [5, 5.41) is 11.3. The normalized spacial score (nSPS) is 15.2. The Hall–Kier alpha value is -3.07. The van der Waals surface area contributed by atoms with E-state index in [4.69, 9.17) is 27.6 Å². The highest BCUT2D eigenvalue weighted by molar-refractivity contribution is 8.18. The molecule has 0 atom stereocenters. The summed E-state index contributed by atoms with van der Waals surface area (Å²) in [4.78, 5) is 36.9. The molecule has 1 fully saturated rings. The molecule has 2 heterocycles. The molecule has 0 unspecified atom stereocenters. The molecule has 156 valence electrons. The number of hydrogen-bond donors (Lipinski definition) is 0. The lowest BCUT2D eigenvalue weighted by Crippen LogP contribution is -2.27. The van der Waals surface area contributed by atoms with Gasteiger partial charge in [-0.25, -0.2) is 0 Å². The topological polar surface area (TPSA) is 93.7 Å². The molecule has 0 saturated carbocycles. The van der Waals surface area contributed by atoms with Crippen LogP contribution in [0.2, 0.25) is 10.0 Å². The highest BCUT2D eigenvalue weighted by atomic mass is 35.5. The van der Waals surface area contributed by atoms with Crippen molar-refractivity contribution in [1.82, 2.24) is 4.90 Å². The summed E-state index contributed by atoms with van der Waals surface area (Å²) < 4.78 is 5.70. The summed E-state index contributed by atoms with van der Waals surface area (Å²) in [6.07, 6.45) is 1.47. The molecular weight excluding hydrogens is 463 g/mol. The van der Waals surface area contributed by atoms with Gasteiger partial charge in [-0.15, -0.1) is 0 Å². The number of nitro benzene ring substituents is 1. The van der Waals surface area contributed by atoms with Gasteiger partial charge >= 0.3 is 0 Å². The average molecular weight is 475 g/mol. The summed E-state index contributed by atoms with van der Waals surface area (Å²) >= 11 is 12.5. The molecule has 0 bridgehead atoms. The summed E-state index contributed by atoms with van der Waals surface area (Å²) in [5.74, 6) is 0.279. The average Bonchev–Trinajstić information content (AvgIpc) is 3.30. The fourth-order valence-electron chi connectivity index (χ4n) is 2.93. The maximum Gasteiger partial charge on any atom is 0.293 e. The predicted molar refractivity (Wildman–Crippen MR) is 119 cm³/mol. The van der Waals surface area contributed by atoms with Gasteiger partial charge in [0.2, 0.25) is 0 Å². The minimum atomic E-state index is -0.577. The number of carbonyl (C=O) groups is 2. The number of halogens is 2. The summed E-state index contributed by atoms with van der Waals surface area (Å²) in [6.45, 7) is 0.136. The van der Waals surface area contributed by atoms with E-state index in [-0.39, 0.29) is 27.4 Å². The molecular formula is C21H12Cl2N2O5S. The fraction of sp³-hybridized carbons (Fsp3) is 0.0476. The highest BCUT2D eigenvalue weighted by Crippen LogP contribution is 2.35. The molecule has 0 N–H and O–H groups in total. The standard InChI is InChI=1S/C21H12Cl2N2O5S/c22-14-4-1-12(2-5-14)11-24-20(26)19(31-21(24)27)10-15-6-8-18(30-15)13-3-7-16(23)17(9-13)25(28)29/h1-10H,11H2/b19-10-. The molecule has 0 spiro atoms. The van der Waals surface area contributed by atoms with Crippen molar-refractivity contribution in [2.75, 3.05) is 0 Å². The number of amides is 2. The monoisotopic (exact) mass is 474 g/mol. The Labute approximate surface area is 190 Å². The van der Waals surface area contributed by atoms with Crippen LogP contribution in [0, 0.1) is 10.1 Å². The van der Waals surface area contributed by atoms with Crippen LogP contribution in [0.1, 0.15) is 11.3 Å². The van der Waals surface area contributed by atoms with E-state index in [1.807, 2.05) is 0 Å². The van der Waals surface area contributed by atoms with Crippen LogP contribution in [0.4, 0.5) is 10.5 Å². The minimum Gasteiger partial charge on any atom is -0.457 e. The van der Waals surface area contributed by atoms with Crippen molar-refractivity contribution in [2.45, 2.75) is 6.54 Å². The zero-order valence-corrected chi connectivity index (χ0v) is 17.9. The summed E-state index contributed by atoms with van der Waals surface area (Å²) in [6, 6.07) is 14.4. The number of imide groups is 1. The quantitative estimate of drug-likeness (QED) is 0.241. The fourth-order valence-corrected chi connectivity index (χ4v) is 4.06. The van der Waals surface area contributed by atoms with Crippen LogP contribution >= 0.6 is 35.0 Å². The lowest BCUT2D eigenvalue weighted by atomic mass is 10.1.